The minimum atomic E-state index is -0.735. The fraction of sp³-hybridized carbons (Fsp3) is 0.286. The predicted octanol–water partition coefficient (Wildman–Crippen LogP) is 4.90. The van der Waals surface area contributed by atoms with Crippen LogP contribution in [0.4, 0.5) is 0 Å². The lowest BCUT2D eigenvalue weighted by Gasteiger charge is -2.27. The Morgan fingerprint density at radius 1 is 1.18 bits per heavy atom. The summed E-state index contributed by atoms with van der Waals surface area (Å²) in [6.45, 7) is 4.04. The molecule has 0 bridgehead atoms. The largest absolute Gasteiger partial charge is 0.503 e. The zero-order valence-electron chi connectivity index (χ0n) is 15.5. The summed E-state index contributed by atoms with van der Waals surface area (Å²) in [5.41, 5.74) is 1.55. The number of aliphatic hydroxyl groups excluding tert-OH is 1. The van der Waals surface area contributed by atoms with E-state index in [0.29, 0.717) is 15.6 Å². The topological polar surface area (TPSA) is 70.5 Å². The molecule has 1 atom stereocenters. The van der Waals surface area contributed by atoms with Crippen molar-refractivity contribution in [1.82, 2.24) is 9.88 Å². The van der Waals surface area contributed by atoms with Crippen molar-refractivity contribution < 1.29 is 14.7 Å². The van der Waals surface area contributed by atoms with Crippen LogP contribution in [0.3, 0.4) is 0 Å². The minimum absolute atomic E-state index is 0.0894. The molecule has 2 aromatic rings. The van der Waals surface area contributed by atoms with E-state index in [9.17, 15) is 14.7 Å². The quantitative estimate of drug-likeness (QED) is 0.723. The number of ketones is 1. The average Bonchev–Trinajstić information content (AvgIpc) is 2.89. The van der Waals surface area contributed by atoms with Crippen LogP contribution in [0.25, 0.3) is 0 Å². The Kier molecular flexibility index (Phi) is 6.06. The summed E-state index contributed by atoms with van der Waals surface area (Å²) < 4.78 is 0. The van der Waals surface area contributed by atoms with Gasteiger partial charge in [-0.25, -0.2) is 0 Å². The van der Waals surface area contributed by atoms with Crippen molar-refractivity contribution in [3.05, 3.63) is 75.2 Å². The van der Waals surface area contributed by atoms with Gasteiger partial charge < -0.3 is 10.0 Å². The number of nitrogens with zero attached hydrogens (tertiary/aromatic N) is 2. The summed E-state index contributed by atoms with van der Waals surface area (Å²) >= 11 is 12.2. The Hall–Kier alpha value is -2.37. The Labute approximate surface area is 173 Å². The highest BCUT2D eigenvalue weighted by Crippen LogP contribution is 2.41. The van der Waals surface area contributed by atoms with E-state index in [1.165, 1.54) is 4.90 Å². The van der Waals surface area contributed by atoms with Crippen LogP contribution in [0.15, 0.2) is 54.1 Å². The van der Waals surface area contributed by atoms with Gasteiger partial charge in [0.25, 0.3) is 5.91 Å². The van der Waals surface area contributed by atoms with Crippen LogP contribution in [0.5, 0.6) is 0 Å². The maximum atomic E-state index is 12.9. The van der Waals surface area contributed by atoms with Crippen LogP contribution in [0.1, 0.15) is 37.4 Å². The second-order valence-corrected chi connectivity index (χ2v) is 7.96. The van der Waals surface area contributed by atoms with Gasteiger partial charge >= 0.3 is 0 Å². The molecule has 28 heavy (non-hydrogen) atoms. The molecular weight excluding hydrogens is 399 g/mol. The first-order chi connectivity index (χ1) is 13.3. The molecule has 0 saturated carbocycles. The highest BCUT2D eigenvalue weighted by Gasteiger charge is 2.43. The number of pyridine rings is 1. The third-order valence-electron chi connectivity index (χ3n) is 4.56. The molecule has 1 N–H and O–H groups in total. The lowest BCUT2D eigenvalue weighted by atomic mass is 9.92. The van der Waals surface area contributed by atoms with Crippen LogP contribution in [-0.4, -0.2) is 26.7 Å². The number of rotatable bonds is 6. The molecular formula is C21H20Cl2N2O3. The van der Waals surface area contributed by atoms with Gasteiger partial charge in [-0.05, 0) is 41.3 Å². The van der Waals surface area contributed by atoms with Gasteiger partial charge in [-0.15, -0.1) is 0 Å². The molecule has 1 amide bonds. The minimum Gasteiger partial charge on any atom is -0.503 e. The first-order valence-corrected chi connectivity index (χ1v) is 9.66. The standard InChI is InChI=1S/C21H20Cl2N2O3/c1-12(2)9-17(26)18-19(14-3-4-15(22)16(23)10-14)25(21(28)20(18)27)11-13-5-7-24-8-6-13/h3-8,10,12,19,27H,9,11H2,1-2H3. The SMILES string of the molecule is CC(C)CC(=O)C1=C(O)C(=O)N(Cc2ccncc2)C1c1ccc(Cl)c(Cl)c1. The number of halogens is 2. The Morgan fingerprint density at radius 2 is 1.86 bits per heavy atom. The van der Waals surface area contributed by atoms with Crippen molar-refractivity contribution >= 4 is 34.9 Å². The van der Waals surface area contributed by atoms with E-state index in [2.05, 4.69) is 4.98 Å². The van der Waals surface area contributed by atoms with Gasteiger partial charge in [-0.2, -0.15) is 0 Å². The molecule has 1 aromatic carbocycles. The summed E-state index contributed by atoms with van der Waals surface area (Å²) in [5.74, 6) is -1.25. The predicted molar refractivity (Wildman–Crippen MR) is 108 cm³/mol. The van der Waals surface area contributed by atoms with Gasteiger partial charge in [0.1, 0.15) is 0 Å². The fourth-order valence-electron chi connectivity index (χ4n) is 3.30. The van der Waals surface area contributed by atoms with Crippen molar-refractivity contribution in [2.45, 2.75) is 32.9 Å². The van der Waals surface area contributed by atoms with Gasteiger partial charge in [0, 0.05) is 25.4 Å². The van der Waals surface area contributed by atoms with Crippen molar-refractivity contribution in [3.63, 3.8) is 0 Å². The third-order valence-corrected chi connectivity index (χ3v) is 5.30. The number of carbonyl (C=O) groups is 2. The molecule has 7 heteroatoms. The zero-order chi connectivity index (χ0) is 20.4. The maximum absolute atomic E-state index is 12.9. The van der Waals surface area contributed by atoms with E-state index in [1.54, 1.807) is 42.7 Å². The van der Waals surface area contributed by atoms with Crippen molar-refractivity contribution in [2.75, 3.05) is 0 Å². The van der Waals surface area contributed by atoms with Crippen LogP contribution in [-0.2, 0) is 16.1 Å². The zero-order valence-corrected chi connectivity index (χ0v) is 17.0. The van der Waals surface area contributed by atoms with Gasteiger partial charge in [-0.3, -0.25) is 14.6 Å². The number of hydrogen-bond donors (Lipinski definition) is 1. The van der Waals surface area contributed by atoms with Gasteiger partial charge in [-0.1, -0.05) is 43.1 Å². The van der Waals surface area contributed by atoms with Crippen molar-refractivity contribution in [3.8, 4) is 0 Å². The van der Waals surface area contributed by atoms with Crippen LogP contribution >= 0.6 is 23.2 Å². The van der Waals surface area contributed by atoms with E-state index >= 15 is 0 Å². The van der Waals surface area contributed by atoms with Gasteiger partial charge in [0.05, 0.1) is 21.7 Å². The van der Waals surface area contributed by atoms with E-state index < -0.39 is 17.7 Å². The number of Topliss-reactive ketones (excluding diaryl/α,β-unsaturated/α-hetero) is 1. The number of benzene rings is 1. The van der Waals surface area contributed by atoms with Crippen molar-refractivity contribution in [1.29, 1.82) is 0 Å². The highest BCUT2D eigenvalue weighted by atomic mass is 35.5. The van der Waals surface area contributed by atoms with Crippen LogP contribution < -0.4 is 0 Å². The summed E-state index contributed by atoms with van der Waals surface area (Å²) in [5, 5.41) is 11.2. The molecule has 5 nitrogen and oxygen atoms in total. The fourth-order valence-corrected chi connectivity index (χ4v) is 3.60. The lowest BCUT2D eigenvalue weighted by molar-refractivity contribution is -0.130. The molecule has 1 unspecified atom stereocenters. The highest BCUT2D eigenvalue weighted by molar-refractivity contribution is 6.42. The summed E-state index contributed by atoms with van der Waals surface area (Å²) in [4.78, 5) is 31.2. The second kappa shape index (κ2) is 8.33. The molecule has 0 saturated heterocycles. The molecule has 0 aliphatic carbocycles. The smallest absolute Gasteiger partial charge is 0.290 e. The van der Waals surface area contributed by atoms with E-state index in [1.807, 2.05) is 13.8 Å². The van der Waals surface area contributed by atoms with Crippen LogP contribution in [0, 0.1) is 5.92 Å². The first-order valence-electron chi connectivity index (χ1n) is 8.90. The first kappa shape index (κ1) is 20.4. The second-order valence-electron chi connectivity index (χ2n) is 7.15. The Balaban J connectivity index is 2.07. The van der Waals surface area contributed by atoms with Gasteiger partial charge in [0.2, 0.25) is 0 Å². The summed E-state index contributed by atoms with van der Waals surface area (Å²) in [6, 6.07) is 7.79. The Morgan fingerprint density at radius 3 is 2.46 bits per heavy atom. The Bertz CT molecular complexity index is 942. The monoisotopic (exact) mass is 418 g/mol. The molecule has 0 spiro atoms. The lowest BCUT2D eigenvalue weighted by Crippen LogP contribution is -2.30. The molecule has 0 radical (unpaired) electrons. The third kappa shape index (κ3) is 4.05. The summed E-state index contributed by atoms with van der Waals surface area (Å²) in [7, 11) is 0. The number of amides is 1. The molecule has 1 aromatic heterocycles. The van der Waals surface area contributed by atoms with Crippen molar-refractivity contribution in [2.24, 2.45) is 5.92 Å². The molecule has 2 heterocycles. The van der Waals surface area contributed by atoms with E-state index in [-0.39, 0.29) is 30.2 Å². The number of carbonyl (C=O) groups excluding carboxylic acids is 2. The number of aromatic nitrogens is 1. The number of aliphatic hydroxyl groups is 1. The van der Waals surface area contributed by atoms with E-state index in [4.69, 9.17) is 23.2 Å². The molecule has 1 aliphatic rings. The number of hydrogen-bond acceptors (Lipinski definition) is 4. The molecule has 1 aliphatic heterocycles. The molecule has 146 valence electrons. The molecule has 3 rings (SSSR count). The van der Waals surface area contributed by atoms with Gasteiger partial charge in [0.15, 0.2) is 11.5 Å². The maximum Gasteiger partial charge on any atom is 0.290 e. The normalized spacial score (nSPS) is 17.0. The average molecular weight is 419 g/mol. The van der Waals surface area contributed by atoms with Crippen LogP contribution in [0.2, 0.25) is 10.0 Å². The summed E-state index contributed by atoms with van der Waals surface area (Å²) in [6.07, 6.45) is 3.48. The van der Waals surface area contributed by atoms with E-state index in [0.717, 1.165) is 5.56 Å². The molecule has 0 fully saturated rings.